The fourth-order valence-corrected chi connectivity index (χ4v) is 2.83. The molecule has 0 amide bonds. The first kappa shape index (κ1) is 11.4. The van der Waals surface area contributed by atoms with E-state index in [1.165, 1.54) is 32.6 Å². The van der Waals surface area contributed by atoms with E-state index in [4.69, 9.17) is 0 Å². The minimum Gasteiger partial charge on any atom is -0.300 e. The summed E-state index contributed by atoms with van der Waals surface area (Å²) in [7, 11) is 0. The van der Waals surface area contributed by atoms with Crippen LogP contribution in [-0.2, 0) is 0 Å². The highest BCUT2D eigenvalue weighted by atomic mass is 15.2. The quantitative estimate of drug-likeness (QED) is 0.701. The van der Waals surface area contributed by atoms with Gasteiger partial charge in [-0.3, -0.25) is 0 Å². The third-order valence-electron chi connectivity index (χ3n) is 4.10. The smallest absolute Gasteiger partial charge is 0.00388 e. The number of nitrogens with zero attached hydrogens (tertiary/aromatic N) is 2. The van der Waals surface area contributed by atoms with Gasteiger partial charge >= 0.3 is 0 Å². The van der Waals surface area contributed by atoms with Crippen molar-refractivity contribution in [2.24, 2.45) is 11.8 Å². The van der Waals surface area contributed by atoms with Crippen molar-refractivity contribution < 1.29 is 0 Å². The van der Waals surface area contributed by atoms with E-state index < -0.39 is 0 Å². The van der Waals surface area contributed by atoms with Crippen LogP contribution in [0.1, 0.15) is 34.1 Å². The highest BCUT2D eigenvalue weighted by molar-refractivity contribution is 4.89. The van der Waals surface area contributed by atoms with Crippen molar-refractivity contribution in [2.75, 3.05) is 26.2 Å². The van der Waals surface area contributed by atoms with Crippen LogP contribution in [0, 0.1) is 11.8 Å². The topological polar surface area (TPSA) is 6.48 Å². The van der Waals surface area contributed by atoms with Crippen LogP contribution in [0.15, 0.2) is 0 Å². The second-order valence-electron chi connectivity index (χ2n) is 6.06. The van der Waals surface area contributed by atoms with Crippen LogP contribution in [0.4, 0.5) is 0 Å². The lowest BCUT2D eigenvalue weighted by atomic mass is 9.83. The molecule has 2 heterocycles. The SMILES string of the molecule is CC(C)N1CC(CC2CN(C(C)C)C2)C1. The van der Waals surface area contributed by atoms with Gasteiger partial charge in [0.05, 0.1) is 0 Å². The van der Waals surface area contributed by atoms with Crippen LogP contribution < -0.4 is 0 Å². The van der Waals surface area contributed by atoms with Gasteiger partial charge in [-0.2, -0.15) is 0 Å². The predicted octanol–water partition coefficient (Wildman–Crippen LogP) is 2.06. The fraction of sp³-hybridized carbons (Fsp3) is 1.00. The summed E-state index contributed by atoms with van der Waals surface area (Å²) < 4.78 is 0. The van der Waals surface area contributed by atoms with E-state index in [-0.39, 0.29) is 0 Å². The molecule has 15 heavy (non-hydrogen) atoms. The summed E-state index contributed by atoms with van der Waals surface area (Å²) in [5, 5.41) is 0. The molecule has 0 saturated carbocycles. The van der Waals surface area contributed by atoms with Crippen LogP contribution in [0.5, 0.6) is 0 Å². The molecule has 0 radical (unpaired) electrons. The molecular formula is C13H26N2. The maximum Gasteiger partial charge on any atom is 0.00388 e. The third kappa shape index (κ3) is 2.54. The maximum atomic E-state index is 2.59. The highest BCUT2D eigenvalue weighted by Crippen LogP contribution is 2.30. The number of hydrogen-bond donors (Lipinski definition) is 0. The molecule has 2 nitrogen and oxygen atoms in total. The first-order valence-corrected chi connectivity index (χ1v) is 6.54. The minimum atomic E-state index is 0.759. The first-order chi connectivity index (χ1) is 7.06. The maximum absolute atomic E-state index is 2.59. The van der Waals surface area contributed by atoms with Gasteiger partial charge in [-0.1, -0.05) is 0 Å². The predicted molar refractivity (Wildman–Crippen MR) is 65.0 cm³/mol. The van der Waals surface area contributed by atoms with E-state index in [2.05, 4.69) is 37.5 Å². The normalized spacial score (nSPS) is 26.0. The molecule has 0 atom stereocenters. The molecule has 0 aromatic carbocycles. The lowest BCUT2D eigenvalue weighted by Gasteiger charge is -2.48. The Morgan fingerprint density at radius 2 is 1.13 bits per heavy atom. The first-order valence-electron chi connectivity index (χ1n) is 6.54. The van der Waals surface area contributed by atoms with E-state index in [0.29, 0.717) is 0 Å². The molecule has 0 spiro atoms. The summed E-state index contributed by atoms with van der Waals surface area (Å²) >= 11 is 0. The van der Waals surface area contributed by atoms with Gasteiger partial charge in [-0.25, -0.2) is 0 Å². The average molecular weight is 210 g/mol. The summed E-state index contributed by atoms with van der Waals surface area (Å²) in [4.78, 5) is 5.17. The van der Waals surface area contributed by atoms with E-state index >= 15 is 0 Å². The molecule has 0 unspecified atom stereocenters. The number of rotatable bonds is 4. The Balaban J connectivity index is 1.58. The molecule has 0 N–H and O–H groups in total. The van der Waals surface area contributed by atoms with Crippen LogP contribution in [0.2, 0.25) is 0 Å². The second kappa shape index (κ2) is 4.42. The molecule has 0 aromatic rings. The molecule has 2 aliphatic heterocycles. The van der Waals surface area contributed by atoms with Crippen LogP contribution >= 0.6 is 0 Å². The van der Waals surface area contributed by atoms with Gasteiger partial charge in [0, 0.05) is 38.3 Å². The van der Waals surface area contributed by atoms with Gasteiger partial charge < -0.3 is 9.80 Å². The van der Waals surface area contributed by atoms with Gasteiger partial charge in [0.15, 0.2) is 0 Å². The Labute approximate surface area is 94.6 Å². The minimum absolute atomic E-state index is 0.759. The van der Waals surface area contributed by atoms with Gasteiger partial charge in [0.1, 0.15) is 0 Å². The Bertz CT molecular complexity index is 179. The zero-order chi connectivity index (χ0) is 11.0. The van der Waals surface area contributed by atoms with Crippen LogP contribution in [0.25, 0.3) is 0 Å². The Morgan fingerprint density at radius 1 is 0.800 bits per heavy atom. The van der Waals surface area contributed by atoms with E-state index in [0.717, 1.165) is 23.9 Å². The van der Waals surface area contributed by atoms with Gasteiger partial charge in [-0.05, 0) is 46.0 Å². The number of likely N-dealkylation sites (tertiary alicyclic amines) is 2. The van der Waals surface area contributed by atoms with Crippen molar-refractivity contribution in [3.05, 3.63) is 0 Å². The number of hydrogen-bond acceptors (Lipinski definition) is 2. The van der Waals surface area contributed by atoms with Crippen LogP contribution in [0.3, 0.4) is 0 Å². The van der Waals surface area contributed by atoms with Crippen molar-refractivity contribution in [3.63, 3.8) is 0 Å². The van der Waals surface area contributed by atoms with Gasteiger partial charge in [0.2, 0.25) is 0 Å². The highest BCUT2D eigenvalue weighted by Gasteiger charge is 2.35. The van der Waals surface area contributed by atoms with E-state index in [1.54, 1.807) is 0 Å². The largest absolute Gasteiger partial charge is 0.300 e. The molecule has 2 aliphatic rings. The van der Waals surface area contributed by atoms with E-state index in [1.807, 2.05) is 0 Å². The Morgan fingerprint density at radius 3 is 1.40 bits per heavy atom. The monoisotopic (exact) mass is 210 g/mol. The summed E-state index contributed by atoms with van der Waals surface area (Å²) in [5.74, 6) is 2.01. The summed E-state index contributed by atoms with van der Waals surface area (Å²) in [5.41, 5.74) is 0. The van der Waals surface area contributed by atoms with Crippen molar-refractivity contribution in [1.29, 1.82) is 0 Å². The molecule has 0 aliphatic carbocycles. The third-order valence-corrected chi connectivity index (χ3v) is 4.10. The fourth-order valence-electron chi connectivity index (χ4n) is 2.83. The van der Waals surface area contributed by atoms with Crippen molar-refractivity contribution in [1.82, 2.24) is 9.80 Å². The second-order valence-corrected chi connectivity index (χ2v) is 6.06. The molecule has 2 fully saturated rings. The summed E-state index contributed by atoms with van der Waals surface area (Å²) in [6.07, 6.45) is 1.48. The zero-order valence-electron chi connectivity index (χ0n) is 10.7. The van der Waals surface area contributed by atoms with Gasteiger partial charge in [-0.15, -0.1) is 0 Å². The van der Waals surface area contributed by atoms with E-state index in [9.17, 15) is 0 Å². The molecule has 0 aromatic heterocycles. The Hall–Kier alpha value is -0.0800. The summed E-state index contributed by atoms with van der Waals surface area (Å²) in [6, 6.07) is 1.52. The molecule has 2 heteroatoms. The van der Waals surface area contributed by atoms with Crippen molar-refractivity contribution in [2.45, 2.75) is 46.2 Å². The van der Waals surface area contributed by atoms with Crippen molar-refractivity contribution >= 4 is 0 Å². The zero-order valence-corrected chi connectivity index (χ0v) is 10.7. The molecule has 2 rings (SSSR count). The lowest BCUT2D eigenvalue weighted by molar-refractivity contribution is 0.00570. The lowest BCUT2D eigenvalue weighted by Crippen LogP contribution is -2.55. The molecule has 0 bridgehead atoms. The van der Waals surface area contributed by atoms with Crippen molar-refractivity contribution in [3.8, 4) is 0 Å². The summed E-state index contributed by atoms with van der Waals surface area (Å²) in [6.45, 7) is 14.7. The molecule has 88 valence electrons. The Kier molecular flexibility index (Phi) is 3.36. The molecular weight excluding hydrogens is 184 g/mol. The molecule has 2 saturated heterocycles. The average Bonchev–Trinajstić information content (AvgIpc) is 1.95. The van der Waals surface area contributed by atoms with Gasteiger partial charge in [0.25, 0.3) is 0 Å². The van der Waals surface area contributed by atoms with Crippen LogP contribution in [-0.4, -0.2) is 48.1 Å². The standard InChI is InChI=1S/C13H26N2/c1-10(2)14-6-12(7-14)5-13-8-15(9-13)11(3)4/h10-13H,5-9H2,1-4H3.